The summed E-state index contributed by atoms with van der Waals surface area (Å²) in [5, 5.41) is 7.73. The normalized spacial score (nSPS) is 22.6. The minimum Gasteiger partial charge on any atom is -0.348 e. The maximum absolute atomic E-state index is 13.6. The molecule has 6 nitrogen and oxygen atoms in total. The van der Waals surface area contributed by atoms with Gasteiger partial charge in [-0.25, -0.2) is 9.07 Å². The Hall–Kier alpha value is -3.48. The molecule has 0 bridgehead atoms. The highest BCUT2D eigenvalue weighted by molar-refractivity contribution is 5.95. The molecule has 0 aliphatic carbocycles. The molecule has 7 heteroatoms. The summed E-state index contributed by atoms with van der Waals surface area (Å²) in [7, 11) is 0. The van der Waals surface area contributed by atoms with E-state index in [-0.39, 0.29) is 23.5 Å². The van der Waals surface area contributed by atoms with Crippen LogP contribution in [-0.4, -0.2) is 45.1 Å². The summed E-state index contributed by atoms with van der Waals surface area (Å²) in [6.07, 6.45) is 2.06. The number of halogens is 1. The first-order valence-electron chi connectivity index (χ1n) is 11.3. The number of likely N-dealkylation sites (tertiary alicyclic amines) is 1. The van der Waals surface area contributed by atoms with E-state index in [1.54, 1.807) is 12.1 Å². The van der Waals surface area contributed by atoms with Gasteiger partial charge in [-0.05, 0) is 68.7 Å². The Bertz CT molecular complexity index is 1220. The minimum absolute atomic E-state index is 0.00850. The Morgan fingerprint density at radius 2 is 1.94 bits per heavy atom. The van der Waals surface area contributed by atoms with Crippen LogP contribution in [0.5, 0.6) is 0 Å². The Morgan fingerprint density at radius 3 is 2.64 bits per heavy atom. The summed E-state index contributed by atoms with van der Waals surface area (Å²) in [6, 6.07) is 15.9. The molecule has 2 aliphatic heterocycles. The highest BCUT2D eigenvalue weighted by Gasteiger charge is 2.50. The number of aromatic nitrogens is 2. The summed E-state index contributed by atoms with van der Waals surface area (Å²) in [5.74, 6) is -0.464. The predicted molar refractivity (Wildman–Crippen MR) is 123 cm³/mol. The smallest absolute Gasteiger partial charge is 0.254 e. The average molecular weight is 447 g/mol. The van der Waals surface area contributed by atoms with Crippen LogP contribution < -0.4 is 5.32 Å². The Labute approximate surface area is 192 Å². The molecular weight excluding hydrogens is 419 g/mol. The van der Waals surface area contributed by atoms with E-state index in [1.165, 1.54) is 12.1 Å². The van der Waals surface area contributed by atoms with E-state index in [4.69, 9.17) is 0 Å². The number of hydrogen-bond acceptors (Lipinski definition) is 3. The van der Waals surface area contributed by atoms with Crippen LogP contribution in [0.3, 0.4) is 0 Å². The van der Waals surface area contributed by atoms with Gasteiger partial charge in [-0.1, -0.05) is 18.2 Å². The Kier molecular flexibility index (Phi) is 5.27. The molecule has 170 valence electrons. The maximum atomic E-state index is 13.6. The number of nitrogens with one attached hydrogen (secondary N) is 1. The summed E-state index contributed by atoms with van der Waals surface area (Å²) < 4.78 is 15.4. The van der Waals surface area contributed by atoms with Gasteiger partial charge >= 0.3 is 0 Å². The van der Waals surface area contributed by atoms with Crippen LogP contribution in [0.4, 0.5) is 4.39 Å². The van der Waals surface area contributed by atoms with Crippen LogP contribution in [0.2, 0.25) is 0 Å². The minimum atomic E-state index is -0.532. The van der Waals surface area contributed by atoms with E-state index in [0.717, 1.165) is 35.5 Å². The molecule has 2 fully saturated rings. The van der Waals surface area contributed by atoms with Crippen molar-refractivity contribution in [1.82, 2.24) is 20.0 Å². The SMILES string of the molecule is Cc1cc(C)n(-c2cccc(C(=O)N3C[C@@H](c4ccc(F)cc4)[C@@]4(CCCC(=O)N4)C3)c2)n1. The van der Waals surface area contributed by atoms with Crippen molar-refractivity contribution in [2.75, 3.05) is 13.1 Å². The third kappa shape index (κ3) is 3.92. The number of nitrogens with zero attached hydrogens (tertiary/aromatic N) is 3. The zero-order chi connectivity index (χ0) is 23.2. The fraction of sp³-hybridized carbons (Fsp3) is 0.346. The van der Waals surface area contributed by atoms with Crippen molar-refractivity contribution in [3.63, 3.8) is 0 Å². The van der Waals surface area contributed by atoms with Gasteiger partial charge in [0, 0.05) is 36.7 Å². The lowest BCUT2D eigenvalue weighted by Gasteiger charge is -2.39. The first kappa shape index (κ1) is 21.4. The quantitative estimate of drug-likeness (QED) is 0.664. The molecule has 2 aromatic carbocycles. The van der Waals surface area contributed by atoms with Crippen molar-refractivity contribution in [3.05, 3.63) is 82.9 Å². The van der Waals surface area contributed by atoms with E-state index in [9.17, 15) is 14.0 Å². The molecule has 1 N–H and O–H groups in total. The van der Waals surface area contributed by atoms with Gasteiger partial charge in [0.1, 0.15) is 5.82 Å². The molecule has 5 rings (SSSR count). The first-order chi connectivity index (χ1) is 15.8. The highest BCUT2D eigenvalue weighted by Crippen LogP contribution is 2.41. The molecule has 2 saturated heterocycles. The second-order valence-electron chi connectivity index (χ2n) is 9.24. The van der Waals surface area contributed by atoms with Crippen LogP contribution in [0.1, 0.15) is 52.5 Å². The van der Waals surface area contributed by atoms with Gasteiger partial charge in [-0.2, -0.15) is 5.10 Å². The van der Waals surface area contributed by atoms with Crippen LogP contribution in [0, 0.1) is 19.7 Å². The van der Waals surface area contributed by atoms with Gasteiger partial charge in [-0.3, -0.25) is 9.59 Å². The van der Waals surface area contributed by atoms with Gasteiger partial charge in [0.05, 0.1) is 16.9 Å². The largest absolute Gasteiger partial charge is 0.348 e. The highest BCUT2D eigenvalue weighted by atomic mass is 19.1. The second kappa shape index (κ2) is 8.14. The molecule has 33 heavy (non-hydrogen) atoms. The maximum Gasteiger partial charge on any atom is 0.254 e. The van der Waals surface area contributed by atoms with Crippen LogP contribution >= 0.6 is 0 Å². The van der Waals surface area contributed by atoms with Crippen molar-refractivity contribution in [2.45, 2.75) is 44.6 Å². The van der Waals surface area contributed by atoms with Crippen LogP contribution in [0.15, 0.2) is 54.6 Å². The molecule has 3 aromatic rings. The molecule has 2 amide bonds. The number of benzene rings is 2. The van der Waals surface area contributed by atoms with Gasteiger partial charge in [0.15, 0.2) is 0 Å². The molecule has 1 aromatic heterocycles. The Balaban J connectivity index is 1.46. The van der Waals surface area contributed by atoms with Crippen molar-refractivity contribution < 1.29 is 14.0 Å². The van der Waals surface area contributed by atoms with Gasteiger partial charge < -0.3 is 10.2 Å². The lowest BCUT2D eigenvalue weighted by atomic mass is 9.76. The van der Waals surface area contributed by atoms with Gasteiger partial charge in [0.25, 0.3) is 5.91 Å². The monoisotopic (exact) mass is 446 g/mol. The number of rotatable bonds is 3. The molecule has 2 aliphatic rings. The lowest BCUT2D eigenvalue weighted by Crippen LogP contribution is -2.56. The van der Waals surface area contributed by atoms with E-state index in [1.807, 2.05) is 53.8 Å². The standard InChI is InChI=1S/C26H27FN4O2/c1-17-13-18(2)31(29-17)22-6-3-5-20(14-22)25(33)30-15-23(19-8-10-21(27)11-9-19)26(16-30)12-4-7-24(32)28-26/h3,5-6,8-11,13-14,23H,4,7,12,15-16H2,1-2H3,(H,28,32)/t23-,26+/m0/s1. The van der Waals surface area contributed by atoms with E-state index < -0.39 is 5.54 Å². The van der Waals surface area contributed by atoms with Crippen molar-refractivity contribution in [2.24, 2.45) is 0 Å². The van der Waals surface area contributed by atoms with Crippen molar-refractivity contribution in [1.29, 1.82) is 0 Å². The molecule has 3 heterocycles. The lowest BCUT2D eigenvalue weighted by molar-refractivity contribution is -0.125. The van der Waals surface area contributed by atoms with Gasteiger partial charge in [0.2, 0.25) is 5.91 Å². The molecule has 1 spiro atoms. The number of hydrogen-bond donors (Lipinski definition) is 1. The number of carbonyl (C=O) groups excluding carboxylic acids is 2. The van der Waals surface area contributed by atoms with Crippen LogP contribution in [-0.2, 0) is 4.79 Å². The number of aryl methyl sites for hydroxylation is 2. The van der Waals surface area contributed by atoms with E-state index >= 15 is 0 Å². The Morgan fingerprint density at radius 1 is 1.15 bits per heavy atom. The fourth-order valence-electron chi connectivity index (χ4n) is 5.38. The zero-order valence-electron chi connectivity index (χ0n) is 18.8. The molecule has 0 unspecified atom stereocenters. The molecular formula is C26H27FN4O2. The summed E-state index contributed by atoms with van der Waals surface area (Å²) in [4.78, 5) is 27.8. The first-order valence-corrected chi connectivity index (χ1v) is 11.3. The molecule has 0 radical (unpaired) electrons. The van der Waals surface area contributed by atoms with Gasteiger partial charge in [-0.15, -0.1) is 0 Å². The molecule has 2 atom stereocenters. The number of piperidine rings is 1. The second-order valence-corrected chi connectivity index (χ2v) is 9.24. The summed E-state index contributed by atoms with van der Waals surface area (Å²) >= 11 is 0. The fourth-order valence-corrected chi connectivity index (χ4v) is 5.38. The molecule has 0 saturated carbocycles. The average Bonchev–Trinajstić information content (AvgIpc) is 3.33. The summed E-state index contributed by atoms with van der Waals surface area (Å²) in [6.45, 7) is 4.83. The van der Waals surface area contributed by atoms with E-state index in [2.05, 4.69) is 10.4 Å². The number of carbonyl (C=O) groups is 2. The number of amides is 2. The van der Waals surface area contributed by atoms with Crippen LogP contribution in [0.25, 0.3) is 5.69 Å². The van der Waals surface area contributed by atoms with Crippen molar-refractivity contribution >= 4 is 11.8 Å². The topological polar surface area (TPSA) is 67.2 Å². The third-order valence-corrected chi connectivity index (χ3v) is 6.86. The zero-order valence-corrected chi connectivity index (χ0v) is 18.8. The van der Waals surface area contributed by atoms with Crippen molar-refractivity contribution in [3.8, 4) is 5.69 Å². The predicted octanol–water partition coefficient (Wildman–Crippen LogP) is 3.91. The third-order valence-electron chi connectivity index (χ3n) is 6.86. The van der Waals surface area contributed by atoms with E-state index in [0.29, 0.717) is 25.1 Å². The summed E-state index contributed by atoms with van der Waals surface area (Å²) in [5.41, 5.74) is 3.74.